The van der Waals surface area contributed by atoms with E-state index in [1.807, 2.05) is 39.0 Å². The van der Waals surface area contributed by atoms with E-state index in [2.05, 4.69) is 19.2 Å². The third kappa shape index (κ3) is 6.24. The lowest BCUT2D eigenvalue weighted by atomic mass is 10.1. The number of esters is 1. The Hall–Kier alpha value is -3.02. The van der Waals surface area contributed by atoms with Gasteiger partial charge in [-0.1, -0.05) is 32.0 Å². The number of ether oxygens (including phenoxy) is 3. The van der Waals surface area contributed by atoms with Crippen molar-refractivity contribution in [3.05, 3.63) is 53.1 Å². The molecule has 2 aromatic carbocycles. The number of aryl methyl sites for hydroxylation is 2. The van der Waals surface area contributed by atoms with Gasteiger partial charge in [0.05, 0.1) is 18.8 Å². The molecule has 1 amide bonds. The quantitative estimate of drug-likeness (QED) is 0.591. The van der Waals surface area contributed by atoms with Crippen LogP contribution in [0.1, 0.15) is 49.2 Å². The predicted molar refractivity (Wildman–Crippen MR) is 117 cm³/mol. The predicted octanol–water partition coefficient (Wildman–Crippen LogP) is 4.92. The first-order valence-electron chi connectivity index (χ1n) is 10.2. The van der Waals surface area contributed by atoms with Gasteiger partial charge < -0.3 is 19.5 Å². The van der Waals surface area contributed by atoms with Crippen LogP contribution in [0, 0.1) is 19.8 Å². The highest BCUT2D eigenvalue weighted by Crippen LogP contribution is 2.29. The number of amides is 1. The zero-order valence-electron chi connectivity index (χ0n) is 18.6. The maximum absolute atomic E-state index is 12.6. The molecule has 0 bridgehead atoms. The van der Waals surface area contributed by atoms with Crippen LogP contribution in [-0.2, 0) is 9.53 Å². The number of para-hydroxylation sites is 1. The van der Waals surface area contributed by atoms with Crippen molar-refractivity contribution in [1.29, 1.82) is 0 Å². The van der Waals surface area contributed by atoms with E-state index < -0.39 is 12.1 Å². The van der Waals surface area contributed by atoms with Gasteiger partial charge in [0.25, 0.3) is 5.91 Å². The molecular weight excluding hydrogens is 382 g/mol. The van der Waals surface area contributed by atoms with Gasteiger partial charge in [-0.2, -0.15) is 0 Å². The fourth-order valence-corrected chi connectivity index (χ4v) is 2.80. The molecular formula is C24H31NO5. The average molecular weight is 414 g/mol. The summed E-state index contributed by atoms with van der Waals surface area (Å²) in [5.41, 5.74) is 2.91. The van der Waals surface area contributed by atoms with Gasteiger partial charge in [0.15, 0.2) is 17.6 Å². The zero-order valence-corrected chi connectivity index (χ0v) is 18.6. The summed E-state index contributed by atoms with van der Waals surface area (Å²) in [5.74, 6) is 0.418. The molecule has 0 saturated heterocycles. The first-order chi connectivity index (χ1) is 14.2. The summed E-state index contributed by atoms with van der Waals surface area (Å²) in [6, 6.07) is 10.6. The van der Waals surface area contributed by atoms with E-state index in [-0.39, 0.29) is 5.91 Å². The molecule has 0 fully saturated rings. The largest absolute Gasteiger partial charge is 0.490 e. The molecule has 162 valence electrons. The highest BCUT2D eigenvalue weighted by molar-refractivity contribution is 5.98. The molecule has 6 heteroatoms. The molecule has 6 nitrogen and oxygen atoms in total. The normalized spacial score (nSPS) is 11.7. The van der Waals surface area contributed by atoms with Crippen molar-refractivity contribution in [1.82, 2.24) is 0 Å². The van der Waals surface area contributed by atoms with E-state index in [4.69, 9.17) is 14.2 Å². The van der Waals surface area contributed by atoms with Gasteiger partial charge >= 0.3 is 5.97 Å². The minimum Gasteiger partial charge on any atom is -0.490 e. The number of benzene rings is 2. The van der Waals surface area contributed by atoms with E-state index in [0.717, 1.165) is 16.8 Å². The molecule has 2 aromatic rings. The van der Waals surface area contributed by atoms with Crippen LogP contribution in [0.4, 0.5) is 5.69 Å². The molecule has 2 rings (SSSR count). The summed E-state index contributed by atoms with van der Waals surface area (Å²) in [6.07, 6.45) is -0.955. The van der Waals surface area contributed by atoms with Crippen molar-refractivity contribution in [2.75, 3.05) is 18.5 Å². The molecule has 1 N–H and O–H groups in total. The summed E-state index contributed by atoms with van der Waals surface area (Å²) in [5, 5.41) is 2.84. The van der Waals surface area contributed by atoms with Crippen LogP contribution in [0.15, 0.2) is 36.4 Å². The van der Waals surface area contributed by atoms with Crippen LogP contribution in [0.5, 0.6) is 11.5 Å². The van der Waals surface area contributed by atoms with Crippen molar-refractivity contribution in [3.63, 3.8) is 0 Å². The molecule has 30 heavy (non-hydrogen) atoms. The molecule has 0 unspecified atom stereocenters. The average Bonchev–Trinajstić information content (AvgIpc) is 2.69. The third-order valence-corrected chi connectivity index (χ3v) is 4.43. The maximum atomic E-state index is 12.6. The van der Waals surface area contributed by atoms with Crippen molar-refractivity contribution in [3.8, 4) is 11.5 Å². The molecule has 0 heterocycles. The second-order valence-corrected chi connectivity index (χ2v) is 7.60. The third-order valence-electron chi connectivity index (χ3n) is 4.43. The molecule has 0 radical (unpaired) electrons. The van der Waals surface area contributed by atoms with Crippen molar-refractivity contribution in [2.45, 2.75) is 47.6 Å². The minimum absolute atomic E-state index is 0.294. The smallest absolute Gasteiger partial charge is 0.339 e. The lowest BCUT2D eigenvalue weighted by Crippen LogP contribution is -2.30. The Labute approximate surface area is 178 Å². The van der Waals surface area contributed by atoms with Crippen LogP contribution in [-0.4, -0.2) is 31.2 Å². The van der Waals surface area contributed by atoms with E-state index in [0.29, 0.717) is 36.2 Å². The monoisotopic (exact) mass is 413 g/mol. The van der Waals surface area contributed by atoms with Gasteiger partial charge in [-0.05, 0) is 62.9 Å². The lowest BCUT2D eigenvalue weighted by molar-refractivity contribution is -0.123. The zero-order chi connectivity index (χ0) is 22.3. The Bertz CT molecular complexity index is 871. The Morgan fingerprint density at radius 1 is 0.967 bits per heavy atom. The highest BCUT2D eigenvalue weighted by atomic mass is 16.5. The first-order valence-corrected chi connectivity index (χ1v) is 10.2. The Morgan fingerprint density at radius 2 is 1.63 bits per heavy atom. The molecule has 0 saturated carbocycles. The van der Waals surface area contributed by atoms with Gasteiger partial charge in [-0.3, -0.25) is 4.79 Å². The molecule has 0 spiro atoms. The molecule has 1 atom stereocenters. The summed E-state index contributed by atoms with van der Waals surface area (Å²) < 4.78 is 16.7. The molecule has 0 aromatic heterocycles. The van der Waals surface area contributed by atoms with Gasteiger partial charge in [-0.15, -0.1) is 0 Å². The van der Waals surface area contributed by atoms with E-state index in [9.17, 15) is 9.59 Å². The van der Waals surface area contributed by atoms with E-state index in [1.54, 1.807) is 25.1 Å². The second kappa shape index (κ2) is 10.7. The van der Waals surface area contributed by atoms with E-state index >= 15 is 0 Å². The minimum atomic E-state index is -0.955. The summed E-state index contributed by atoms with van der Waals surface area (Å²) in [7, 11) is 0. The second-order valence-electron chi connectivity index (χ2n) is 7.60. The van der Waals surface area contributed by atoms with Crippen molar-refractivity contribution >= 4 is 17.6 Å². The topological polar surface area (TPSA) is 73.9 Å². The number of carbonyl (C=O) groups excluding carboxylic acids is 2. The van der Waals surface area contributed by atoms with Gasteiger partial charge in [0.2, 0.25) is 0 Å². The van der Waals surface area contributed by atoms with Crippen molar-refractivity contribution < 1.29 is 23.8 Å². The summed E-state index contributed by atoms with van der Waals surface area (Å²) in [6.45, 7) is 12.3. The Balaban J connectivity index is 2.08. The van der Waals surface area contributed by atoms with Gasteiger partial charge in [-0.25, -0.2) is 4.79 Å². The first kappa shape index (κ1) is 23.3. The van der Waals surface area contributed by atoms with Crippen molar-refractivity contribution in [2.24, 2.45) is 5.92 Å². The number of rotatable bonds is 9. The number of anilines is 1. The highest BCUT2D eigenvalue weighted by Gasteiger charge is 2.21. The Morgan fingerprint density at radius 3 is 2.23 bits per heavy atom. The number of nitrogens with one attached hydrogen (secondary N) is 1. The molecule has 0 aliphatic rings. The lowest BCUT2D eigenvalue weighted by Gasteiger charge is -2.17. The van der Waals surface area contributed by atoms with Crippen LogP contribution in [0.25, 0.3) is 0 Å². The number of carbonyl (C=O) groups is 2. The van der Waals surface area contributed by atoms with Crippen LogP contribution in [0.2, 0.25) is 0 Å². The summed E-state index contributed by atoms with van der Waals surface area (Å²) in [4.78, 5) is 25.1. The molecule has 0 aliphatic heterocycles. The maximum Gasteiger partial charge on any atom is 0.339 e. The van der Waals surface area contributed by atoms with Gasteiger partial charge in [0.1, 0.15) is 0 Å². The van der Waals surface area contributed by atoms with Crippen LogP contribution >= 0.6 is 0 Å². The molecule has 0 aliphatic carbocycles. The Kier molecular flexibility index (Phi) is 8.27. The summed E-state index contributed by atoms with van der Waals surface area (Å²) >= 11 is 0. The SMILES string of the molecule is CCOc1cc(C(=O)O[C@@H](C)C(=O)Nc2c(C)cccc2C)ccc1OCC(C)C. The number of hydrogen-bond donors (Lipinski definition) is 1. The fourth-order valence-electron chi connectivity index (χ4n) is 2.80. The van der Waals surface area contributed by atoms with Gasteiger partial charge in [0, 0.05) is 5.69 Å². The van der Waals surface area contributed by atoms with Crippen LogP contribution in [0.3, 0.4) is 0 Å². The van der Waals surface area contributed by atoms with E-state index in [1.165, 1.54) is 0 Å². The number of hydrogen-bond acceptors (Lipinski definition) is 5. The van der Waals surface area contributed by atoms with Crippen LogP contribution < -0.4 is 14.8 Å². The fraction of sp³-hybridized carbons (Fsp3) is 0.417. The standard InChI is InChI=1S/C24H31NO5/c1-7-28-21-13-19(11-12-20(21)29-14-15(2)3)24(27)30-18(6)23(26)25-22-16(4)9-8-10-17(22)5/h8-13,15,18H,7,14H2,1-6H3,(H,25,26)/t18-/m0/s1.